The average Bonchev–Trinajstić information content (AvgIpc) is 3.12. The molecule has 0 aliphatic carbocycles. The number of hydrogen-bond donors (Lipinski definition) is 1. The smallest absolute Gasteiger partial charge is 0.260 e. The van der Waals surface area contributed by atoms with Crippen molar-refractivity contribution in [2.45, 2.75) is 19.9 Å². The highest BCUT2D eigenvalue weighted by atomic mass is 35.5. The van der Waals surface area contributed by atoms with Crippen molar-refractivity contribution in [3.05, 3.63) is 76.6 Å². The minimum absolute atomic E-state index is 0.124. The lowest BCUT2D eigenvalue weighted by molar-refractivity contribution is -0.118. The molecule has 27 heavy (non-hydrogen) atoms. The molecular formula is C20H17ClN4OS. The fourth-order valence-electron chi connectivity index (χ4n) is 3.40. The van der Waals surface area contributed by atoms with Crippen molar-refractivity contribution in [1.29, 1.82) is 0 Å². The van der Waals surface area contributed by atoms with E-state index in [2.05, 4.69) is 10.4 Å². The van der Waals surface area contributed by atoms with Crippen LogP contribution in [0.4, 0.5) is 5.69 Å². The van der Waals surface area contributed by atoms with Gasteiger partial charge in [-0.05, 0) is 62.5 Å². The maximum Gasteiger partial charge on any atom is 0.260 e. The van der Waals surface area contributed by atoms with E-state index in [-0.39, 0.29) is 5.91 Å². The second-order valence-corrected chi connectivity index (χ2v) is 7.19. The Hall–Kier alpha value is -2.70. The summed E-state index contributed by atoms with van der Waals surface area (Å²) in [6.45, 7) is 3.87. The molecule has 4 rings (SSSR count). The normalized spacial score (nSPS) is 16.7. The van der Waals surface area contributed by atoms with Crippen LogP contribution in [0.5, 0.6) is 0 Å². The number of benzene rings is 2. The van der Waals surface area contributed by atoms with Gasteiger partial charge in [0.1, 0.15) is 6.04 Å². The molecule has 1 amide bonds. The van der Waals surface area contributed by atoms with Crippen LogP contribution in [0.25, 0.3) is 5.69 Å². The highest BCUT2D eigenvalue weighted by Crippen LogP contribution is 2.32. The molecule has 5 nitrogen and oxygen atoms in total. The number of aryl methyl sites for hydroxylation is 1. The molecule has 0 bridgehead atoms. The number of para-hydroxylation sites is 1. The summed E-state index contributed by atoms with van der Waals surface area (Å²) in [6, 6.07) is 16.3. The van der Waals surface area contributed by atoms with Crippen LogP contribution >= 0.6 is 23.8 Å². The van der Waals surface area contributed by atoms with Gasteiger partial charge in [-0.3, -0.25) is 9.69 Å². The number of amides is 1. The van der Waals surface area contributed by atoms with Crippen LogP contribution < -0.4 is 10.2 Å². The molecule has 7 heteroatoms. The predicted octanol–water partition coefficient (Wildman–Crippen LogP) is 4.10. The third-order valence-electron chi connectivity index (χ3n) is 4.66. The summed E-state index contributed by atoms with van der Waals surface area (Å²) in [6.07, 6.45) is 0. The number of rotatable bonds is 3. The first-order valence-electron chi connectivity index (χ1n) is 8.49. The maximum atomic E-state index is 13.2. The molecule has 1 aliphatic rings. The minimum atomic E-state index is -0.564. The van der Waals surface area contributed by atoms with Gasteiger partial charge in [-0.1, -0.05) is 29.8 Å². The first-order valence-corrected chi connectivity index (χ1v) is 9.27. The standard InChI is InChI=1S/C20H17ClN4OS/c1-12-17(13(2)25(23-12)16-6-4-3-5-7-16)18-19(26)24(20(27)22-18)15-10-8-14(21)9-11-15/h3-11,18H,1-2H3,(H,22,27)/t18-/m0/s1. The van der Waals surface area contributed by atoms with E-state index in [1.165, 1.54) is 4.90 Å². The molecule has 0 unspecified atom stereocenters. The summed E-state index contributed by atoms with van der Waals surface area (Å²) in [4.78, 5) is 14.7. The van der Waals surface area contributed by atoms with E-state index in [9.17, 15) is 4.79 Å². The molecule has 2 aromatic carbocycles. The lowest BCUT2D eigenvalue weighted by Gasteiger charge is -2.15. The van der Waals surface area contributed by atoms with E-state index in [1.807, 2.05) is 48.9 Å². The number of nitrogens with zero attached hydrogens (tertiary/aromatic N) is 3. The number of aromatic nitrogens is 2. The Labute approximate surface area is 167 Å². The molecule has 136 valence electrons. The van der Waals surface area contributed by atoms with E-state index >= 15 is 0 Å². The summed E-state index contributed by atoms with van der Waals surface area (Å²) >= 11 is 11.4. The van der Waals surface area contributed by atoms with Gasteiger partial charge in [0, 0.05) is 16.3 Å². The molecular weight excluding hydrogens is 380 g/mol. The number of carbonyl (C=O) groups excluding carboxylic acids is 1. The zero-order valence-electron chi connectivity index (χ0n) is 14.8. The summed E-state index contributed by atoms with van der Waals surface area (Å²) in [5.41, 5.74) is 4.19. The number of hydrogen-bond acceptors (Lipinski definition) is 3. The van der Waals surface area contributed by atoms with Crippen LogP contribution in [-0.2, 0) is 4.79 Å². The number of anilines is 1. The Morgan fingerprint density at radius 1 is 1.04 bits per heavy atom. The van der Waals surface area contributed by atoms with Gasteiger partial charge in [-0.25, -0.2) is 4.68 Å². The van der Waals surface area contributed by atoms with Crippen molar-refractivity contribution < 1.29 is 4.79 Å². The Balaban J connectivity index is 1.73. The molecule has 1 atom stereocenters. The molecule has 1 saturated heterocycles. The van der Waals surface area contributed by atoms with E-state index in [1.54, 1.807) is 24.3 Å². The number of carbonyl (C=O) groups is 1. The molecule has 1 fully saturated rings. The number of nitrogens with one attached hydrogen (secondary N) is 1. The second-order valence-electron chi connectivity index (χ2n) is 6.36. The van der Waals surface area contributed by atoms with E-state index < -0.39 is 6.04 Å². The van der Waals surface area contributed by atoms with Crippen molar-refractivity contribution in [2.75, 3.05) is 4.90 Å². The van der Waals surface area contributed by atoms with Gasteiger partial charge in [0.25, 0.3) is 5.91 Å². The first kappa shape index (κ1) is 17.7. The monoisotopic (exact) mass is 396 g/mol. The topological polar surface area (TPSA) is 50.2 Å². The summed E-state index contributed by atoms with van der Waals surface area (Å²) in [7, 11) is 0. The average molecular weight is 397 g/mol. The van der Waals surface area contributed by atoms with Crippen molar-refractivity contribution in [3.8, 4) is 5.69 Å². The summed E-state index contributed by atoms with van der Waals surface area (Å²) in [5, 5.41) is 8.77. The number of thiocarbonyl (C=S) groups is 1. The van der Waals surface area contributed by atoms with Gasteiger partial charge in [-0.2, -0.15) is 5.10 Å². The van der Waals surface area contributed by atoms with Crippen molar-refractivity contribution >= 4 is 40.5 Å². The van der Waals surface area contributed by atoms with Crippen LogP contribution in [-0.4, -0.2) is 20.8 Å². The largest absolute Gasteiger partial charge is 0.346 e. The van der Waals surface area contributed by atoms with E-state index in [4.69, 9.17) is 23.8 Å². The molecule has 3 aromatic rings. The second kappa shape index (κ2) is 6.79. The van der Waals surface area contributed by atoms with Gasteiger partial charge in [0.05, 0.1) is 17.1 Å². The molecule has 2 heterocycles. The molecule has 0 radical (unpaired) electrons. The third-order valence-corrected chi connectivity index (χ3v) is 5.21. The Morgan fingerprint density at radius 2 is 1.70 bits per heavy atom. The molecule has 0 saturated carbocycles. The third kappa shape index (κ3) is 3.01. The highest BCUT2D eigenvalue weighted by Gasteiger charge is 2.40. The lowest BCUT2D eigenvalue weighted by atomic mass is 10.0. The Bertz CT molecular complexity index is 1030. The van der Waals surface area contributed by atoms with Crippen molar-refractivity contribution in [2.24, 2.45) is 0 Å². The Kier molecular flexibility index (Phi) is 4.45. The van der Waals surface area contributed by atoms with Gasteiger partial charge in [-0.15, -0.1) is 0 Å². The predicted molar refractivity (Wildman–Crippen MR) is 110 cm³/mol. The SMILES string of the molecule is Cc1nn(-c2ccccc2)c(C)c1[C@@H]1NC(=S)N(c2ccc(Cl)cc2)C1=O. The van der Waals surface area contributed by atoms with Crippen LogP contribution in [0.1, 0.15) is 23.0 Å². The zero-order chi connectivity index (χ0) is 19.1. The van der Waals surface area contributed by atoms with Crippen LogP contribution in [0.15, 0.2) is 54.6 Å². The molecule has 1 aliphatic heterocycles. The summed E-state index contributed by atoms with van der Waals surface area (Å²) in [5.74, 6) is -0.124. The number of halogens is 1. The van der Waals surface area contributed by atoms with Crippen molar-refractivity contribution in [3.63, 3.8) is 0 Å². The summed E-state index contributed by atoms with van der Waals surface area (Å²) < 4.78 is 1.85. The van der Waals surface area contributed by atoms with Crippen LogP contribution in [0, 0.1) is 13.8 Å². The lowest BCUT2D eigenvalue weighted by Crippen LogP contribution is -2.30. The molecule has 1 aromatic heterocycles. The van der Waals surface area contributed by atoms with Gasteiger partial charge in [0.15, 0.2) is 5.11 Å². The quantitative estimate of drug-likeness (QED) is 0.677. The minimum Gasteiger partial charge on any atom is -0.346 e. The maximum absolute atomic E-state index is 13.2. The zero-order valence-corrected chi connectivity index (χ0v) is 16.4. The van der Waals surface area contributed by atoms with Crippen LogP contribution in [0.2, 0.25) is 5.02 Å². The fraction of sp³-hybridized carbons (Fsp3) is 0.150. The van der Waals surface area contributed by atoms with Gasteiger partial charge >= 0.3 is 0 Å². The van der Waals surface area contributed by atoms with Crippen molar-refractivity contribution in [1.82, 2.24) is 15.1 Å². The van der Waals surface area contributed by atoms with Crippen LogP contribution in [0.3, 0.4) is 0 Å². The fourth-order valence-corrected chi connectivity index (χ4v) is 3.84. The van der Waals surface area contributed by atoms with Gasteiger partial charge < -0.3 is 5.32 Å². The molecule has 1 N–H and O–H groups in total. The van der Waals surface area contributed by atoms with E-state index in [0.717, 1.165) is 22.6 Å². The van der Waals surface area contributed by atoms with Gasteiger partial charge in [0.2, 0.25) is 0 Å². The Morgan fingerprint density at radius 3 is 2.37 bits per heavy atom. The van der Waals surface area contributed by atoms with E-state index in [0.29, 0.717) is 15.8 Å². The highest BCUT2D eigenvalue weighted by molar-refractivity contribution is 7.80. The molecule has 0 spiro atoms. The first-order chi connectivity index (χ1) is 13.0.